The number of benzene rings is 2. The number of morpholine rings is 2. The van der Waals surface area contributed by atoms with E-state index in [1.807, 2.05) is 24.7 Å². The normalized spacial score (nSPS) is 17.5. The molecule has 12 heterocycles. The monoisotopic (exact) mass is 1080 g/mol. The molecule has 0 aliphatic carbocycles. The van der Waals surface area contributed by atoms with Crippen LogP contribution in [0.5, 0.6) is 0 Å². The number of aryl methyl sites for hydroxylation is 3. The largest absolute Gasteiger partial charge is 0.432 e. The number of ether oxygens (including phenoxy) is 2. The summed E-state index contributed by atoms with van der Waals surface area (Å²) in [4.78, 5) is 43.7. The Morgan fingerprint density at radius 3 is 1.61 bits per heavy atom. The maximum atomic E-state index is 11.8. The van der Waals surface area contributed by atoms with Crippen molar-refractivity contribution in [3.63, 3.8) is 0 Å². The molecule has 0 spiro atoms. The summed E-state index contributed by atoms with van der Waals surface area (Å²) in [6.07, 6.45) is 7.79. The van der Waals surface area contributed by atoms with E-state index in [9.17, 15) is 8.42 Å². The smallest absolute Gasteiger partial charge is 0.229 e. The molecule has 394 valence electrons. The summed E-state index contributed by atoms with van der Waals surface area (Å²) in [5, 5.41) is 4.42. The number of halogens is 1. The van der Waals surface area contributed by atoms with Crippen LogP contribution >= 0.6 is 11.6 Å². The Morgan fingerprint density at radius 1 is 0.579 bits per heavy atom. The Labute approximate surface area is 448 Å². The molecule has 4 fully saturated rings. The minimum Gasteiger partial charge on any atom is -0.432 e. The molecule has 8 aromatic heterocycles. The minimum absolute atomic E-state index is 0.195. The standard InChI is InChI=1S/C27H28N6O3S.C18H20ClN5O3S.C10H11N/c1-17-14-28-21-4-2-3-19(22(17)21)25-30-23-20-13-18(16-32-7-11-37(34)12-8-32)15-29-27(20)36-24(23)26(31-25)33-5-9-35-10-6-33;19-18-21-14-13-9-12(11-23-3-7-28(25)8-4-23)10-20-17(13)27-15(14)16(22-18)24-1-5-26-6-2-24;1-7-4-3-5-9-10(7)8(2)6-11-9/h2-4,13-15,28H,5-12,16H2,1H3;9-10H,1-8,11H2;3-6,11H,1-2H3. The van der Waals surface area contributed by atoms with Crippen LogP contribution in [-0.2, 0) is 44.2 Å². The molecule has 21 heteroatoms. The molecule has 4 saturated heterocycles. The predicted molar refractivity (Wildman–Crippen MR) is 301 cm³/mol. The van der Waals surface area contributed by atoms with Gasteiger partial charge >= 0.3 is 0 Å². The summed E-state index contributed by atoms with van der Waals surface area (Å²) in [7, 11) is -1.37. The number of anilines is 2. The molecular formula is C55H59ClN12O6S2. The lowest BCUT2D eigenvalue weighted by Crippen LogP contribution is -2.37. The van der Waals surface area contributed by atoms with Gasteiger partial charge in [0.25, 0.3) is 0 Å². The van der Waals surface area contributed by atoms with Crippen molar-refractivity contribution in [1.29, 1.82) is 0 Å². The first-order valence-corrected chi connectivity index (χ1v) is 29.2. The SMILES string of the molecule is Cc1c[nH]c2cccc(-c3nc(N4CCOCC4)c4oc5ncc(CN6CCS(=O)CC6)cc5c4n3)c12.Cc1cccc2[nH]cc(C)c12.O=S1CCN(Cc2cnc3oc4c(N5CCOCC5)nc(Cl)nc4c3c2)CC1. The van der Waals surface area contributed by atoms with E-state index in [1.54, 1.807) is 0 Å². The van der Waals surface area contributed by atoms with Gasteiger partial charge in [-0.15, -0.1) is 0 Å². The predicted octanol–water partition coefficient (Wildman–Crippen LogP) is 8.24. The Hall–Kier alpha value is -6.39. The molecule has 0 saturated carbocycles. The van der Waals surface area contributed by atoms with Crippen molar-refractivity contribution in [2.75, 3.05) is 112 Å². The first-order valence-electron chi connectivity index (χ1n) is 25.8. The number of nitrogens with zero attached hydrogens (tertiary/aromatic N) is 10. The van der Waals surface area contributed by atoms with Gasteiger partial charge in [0.05, 0.1) is 37.2 Å². The summed E-state index contributed by atoms with van der Waals surface area (Å²) < 4.78 is 46.7. The average Bonchev–Trinajstić information content (AvgIpc) is 4.27. The second-order valence-corrected chi connectivity index (χ2v) is 23.5. The molecule has 0 bridgehead atoms. The van der Waals surface area contributed by atoms with Gasteiger partial charge in [-0.3, -0.25) is 18.2 Å². The number of fused-ring (bicyclic) bond motifs is 8. The number of hydrogen-bond acceptors (Lipinski definition) is 16. The van der Waals surface area contributed by atoms with Crippen LogP contribution < -0.4 is 9.80 Å². The zero-order chi connectivity index (χ0) is 51.9. The Bertz CT molecular complexity index is 3790. The number of aromatic amines is 2. The topological polar surface area (TPSA) is 201 Å². The van der Waals surface area contributed by atoms with Crippen LogP contribution in [0.4, 0.5) is 11.6 Å². The highest BCUT2D eigenvalue weighted by atomic mass is 35.5. The number of H-pyrrole nitrogens is 2. The van der Waals surface area contributed by atoms with Crippen LogP contribution in [0.15, 0.2) is 82.2 Å². The molecule has 76 heavy (non-hydrogen) atoms. The zero-order valence-electron chi connectivity index (χ0n) is 42.8. The maximum absolute atomic E-state index is 11.8. The molecule has 18 nitrogen and oxygen atoms in total. The van der Waals surface area contributed by atoms with Gasteiger partial charge in [-0.25, -0.2) is 24.9 Å². The lowest BCUT2D eigenvalue weighted by molar-refractivity contribution is 0.122. The van der Waals surface area contributed by atoms with Gasteiger partial charge in [0.2, 0.25) is 16.7 Å². The van der Waals surface area contributed by atoms with Gasteiger partial charge in [0, 0.05) is 162 Å². The van der Waals surface area contributed by atoms with Crippen molar-refractivity contribution in [2.24, 2.45) is 0 Å². The van der Waals surface area contributed by atoms with Crippen LogP contribution in [-0.4, -0.2) is 160 Å². The van der Waals surface area contributed by atoms with E-state index in [0.29, 0.717) is 66.2 Å². The third kappa shape index (κ3) is 10.4. The van der Waals surface area contributed by atoms with Crippen molar-refractivity contribution < 1.29 is 26.7 Å². The molecule has 4 aliphatic heterocycles. The number of aromatic nitrogens is 8. The van der Waals surface area contributed by atoms with E-state index < -0.39 is 21.6 Å². The summed E-state index contributed by atoms with van der Waals surface area (Å²) in [6, 6.07) is 16.7. The van der Waals surface area contributed by atoms with Crippen molar-refractivity contribution in [2.45, 2.75) is 33.9 Å². The number of pyridine rings is 2. The Morgan fingerprint density at radius 2 is 1.07 bits per heavy atom. The highest BCUT2D eigenvalue weighted by molar-refractivity contribution is 7.85. The molecule has 0 atom stereocenters. The fourth-order valence-corrected chi connectivity index (χ4v) is 13.1. The third-order valence-corrected chi connectivity index (χ3v) is 17.3. The van der Waals surface area contributed by atoms with E-state index in [0.717, 1.165) is 144 Å². The van der Waals surface area contributed by atoms with Crippen LogP contribution in [0.3, 0.4) is 0 Å². The summed E-state index contributed by atoms with van der Waals surface area (Å²) in [5.41, 5.74) is 13.1. The number of hydrogen-bond donors (Lipinski definition) is 2. The molecule has 4 aliphatic rings. The number of rotatable bonds is 7. The second-order valence-electron chi connectivity index (χ2n) is 19.8. The lowest BCUT2D eigenvalue weighted by Gasteiger charge is -2.27. The lowest BCUT2D eigenvalue weighted by atomic mass is 10.1. The number of furan rings is 2. The quantitative estimate of drug-likeness (QED) is 0.144. The highest BCUT2D eigenvalue weighted by Crippen LogP contribution is 2.38. The molecule has 0 amide bonds. The molecule has 0 unspecified atom stereocenters. The van der Waals surface area contributed by atoms with Gasteiger partial charge in [-0.05, 0) is 84.5 Å². The number of nitrogens with one attached hydrogen (secondary N) is 2. The Balaban J connectivity index is 0.000000131. The highest BCUT2D eigenvalue weighted by Gasteiger charge is 2.26. The first kappa shape index (κ1) is 50.4. The van der Waals surface area contributed by atoms with Crippen LogP contribution in [0.2, 0.25) is 5.28 Å². The summed E-state index contributed by atoms with van der Waals surface area (Å²) in [5.74, 6) is 5.07. The molecule has 2 N–H and O–H groups in total. The molecule has 0 radical (unpaired) electrons. The zero-order valence-corrected chi connectivity index (χ0v) is 45.2. The van der Waals surface area contributed by atoms with E-state index in [1.165, 1.54) is 22.0 Å². The van der Waals surface area contributed by atoms with Crippen molar-refractivity contribution >= 4 is 111 Å². The summed E-state index contributed by atoms with van der Waals surface area (Å²) in [6.45, 7) is 16.8. The third-order valence-electron chi connectivity index (χ3n) is 14.6. The van der Waals surface area contributed by atoms with Gasteiger partial charge < -0.3 is 38.1 Å². The van der Waals surface area contributed by atoms with Crippen LogP contribution in [0.1, 0.15) is 27.8 Å². The molecule has 14 rings (SSSR count). The fraction of sp³-hybridized carbons (Fsp3) is 0.382. The van der Waals surface area contributed by atoms with Gasteiger partial charge in [0.1, 0.15) is 11.0 Å². The van der Waals surface area contributed by atoms with Gasteiger partial charge in [-0.2, -0.15) is 4.98 Å². The van der Waals surface area contributed by atoms with Crippen molar-refractivity contribution in [1.82, 2.24) is 49.7 Å². The van der Waals surface area contributed by atoms with Gasteiger partial charge in [0.15, 0.2) is 28.6 Å². The van der Waals surface area contributed by atoms with Crippen molar-refractivity contribution in [3.8, 4) is 11.4 Å². The Kier molecular flexibility index (Phi) is 14.5. The first-order chi connectivity index (χ1) is 37.1. The molecule has 10 aromatic rings. The van der Waals surface area contributed by atoms with E-state index in [2.05, 4.69) is 119 Å². The van der Waals surface area contributed by atoms with E-state index in [4.69, 9.17) is 39.9 Å². The maximum Gasteiger partial charge on any atom is 0.229 e. The second kappa shape index (κ2) is 21.9. The summed E-state index contributed by atoms with van der Waals surface area (Å²) >= 11 is 6.23. The van der Waals surface area contributed by atoms with E-state index in [-0.39, 0.29) is 5.28 Å². The minimum atomic E-state index is -0.694. The van der Waals surface area contributed by atoms with Gasteiger partial charge in [-0.1, -0.05) is 24.3 Å². The average molecular weight is 1080 g/mol. The van der Waals surface area contributed by atoms with Crippen LogP contribution in [0, 0.1) is 20.8 Å². The molecule has 2 aromatic carbocycles. The van der Waals surface area contributed by atoms with E-state index >= 15 is 0 Å². The fourth-order valence-electron chi connectivity index (χ4n) is 10.7. The molecular weight excluding hydrogens is 1020 g/mol. The van der Waals surface area contributed by atoms with Crippen LogP contribution in [0.25, 0.3) is 77.6 Å². The van der Waals surface area contributed by atoms with Crippen molar-refractivity contribution in [3.05, 3.63) is 106 Å².